The molecule has 0 aliphatic heterocycles. The van der Waals surface area contributed by atoms with Crippen LogP contribution >= 0.6 is 11.3 Å². The van der Waals surface area contributed by atoms with Gasteiger partial charge in [-0.2, -0.15) is 9.61 Å². The molecule has 0 aliphatic carbocycles. The normalized spacial score (nSPS) is 11.8. The highest BCUT2D eigenvalue weighted by Gasteiger charge is 2.17. The Kier molecular flexibility index (Phi) is 5.01. The van der Waals surface area contributed by atoms with E-state index in [4.69, 9.17) is 0 Å². The molecule has 0 aliphatic rings. The molecule has 0 saturated heterocycles. The zero-order chi connectivity index (χ0) is 24.0. The minimum atomic E-state index is -3.79. The van der Waals surface area contributed by atoms with Crippen molar-refractivity contribution < 1.29 is 8.42 Å². The zero-order valence-electron chi connectivity index (χ0n) is 18.3. The number of anilines is 1. The molecule has 0 spiro atoms. The smallest absolute Gasteiger partial charge is 0.261 e. The molecule has 172 valence electrons. The number of nitrogens with one attached hydrogen (secondary N) is 1. The molecule has 11 heteroatoms. The number of nitrogens with zero attached hydrogens (tertiary/aromatic N) is 6. The van der Waals surface area contributed by atoms with E-state index in [0.29, 0.717) is 28.5 Å². The van der Waals surface area contributed by atoms with Crippen molar-refractivity contribution in [2.75, 3.05) is 4.72 Å². The summed E-state index contributed by atoms with van der Waals surface area (Å²) in [5.74, 6) is 0.521. The van der Waals surface area contributed by atoms with Crippen molar-refractivity contribution in [3.63, 3.8) is 0 Å². The van der Waals surface area contributed by atoms with Crippen LogP contribution in [-0.4, -0.2) is 38.2 Å². The molecule has 0 amide bonds. The number of hydrogen-bond acceptors (Lipinski definition) is 8. The highest BCUT2D eigenvalue weighted by atomic mass is 32.2. The number of sulfonamides is 1. The second-order valence-corrected chi connectivity index (χ2v) is 10.7. The largest absolute Gasteiger partial charge is 0.280 e. The average molecular weight is 500 g/mol. The molecule has 0 unspecified atom stereocenters. The van der Waals surface area contributed by atoms with Crippen LogP contribution in [0.2, 0.25) is 0 Å². The Hall–Kier alpha value is -4.22. The number of benzene rings is 2. The number of pyridine rings is 1. The number of rotatable bonds is 5. The number of aromatic nitrogens is 6. The zero-order valence-corrected chi connectivity index (χ0v) is 20.0. The lowest BCUT2D eigenvalue weighted by Crippen LogP contribution is -2.12. The van der Waals surface area contributed by atoms with Crippen molar-refractivity contribution in [1.29, 1.82) is 0 Å². The molecule has 0 fully saturated rings. The van der Waals surface area contributed by atoms with Crippen LogP contribution in [0.25, 0.3) is 38.6 Å². The van der Waals surface area contributed by atoms with E-state index in [0.717, 1.165) is 20.8 Å². The van der Waals surface area contributed by atoms with Crippen LogP contribution in [0.15, 0.2) is 83.9 Å². The van der Waals surface area contributed by atoms with Crippen LogP contribution in [0.1, 0.15) is 5.01 Å². The van der Waals surface area contributed by atoms with Gasteiger partial charge in [-0.1, -0.05) is 18.2 Å². The maximum absolute atomic E-state index is 13.1. The van der Waals surface area contributed by atoms with Crippen LogP contribution < -0.4 is 4.72 Å². The minimum absolute atomic E-state index is 0.183. The Morgan fingerprint density at radius 1 is 0.914 bits per heavy atom. The molecule has 6 rings (SSSR count). The SMILES string of the molecule is Cc1nc2ccc(S(=O)(=O)Nc3cccc(-c4ccc5nnc(-c6ccccn6)n5n4)c3)cc2s1. The number of aryl methyl sites for hydroxylation is 1. The van der Waals surface area contributed by atoms with Gasteiger partial charge in [0.05, 0.1) is 25.8 Å². The van der Waals surface area contributed by atoms with Gasteiger partial charge in [0, 0.05) is 17.4 Å². The molecule has 2 aromatic carbocycles. The van der Waals surface area contributed by atoms with Gasteiger partial charge < -0.3 is 0 Å². The van der Waals surface area contributed by atoms with E-state index in [2.05, 4.69) is 30.0 Å². The standard InChI is InChI=1S/C24H17N7O2S2/c1-15-26-20-9-8-18(14-22(20)34-15)35(32,33)30-17-6-4-5-16(13-17)19-10-11-23-27-28-24(31(23)29-19)21-7-2-3-12-25-21/h2-14,30H,1H3. The van der Waals surface area contributed by atoms with Gasteiger partial charge in [-0.25, -0.2) is 13.4 Å². The second-order valence-electron chi connectivity index (χ2n) is 7.78. The fourth-order valence-corrected chi connectivity index (χ4v) is 5.76. The fraction of sp³-hybridized carbons (Fsp3) is 0.0417. The summed E-state index contributed by atoms with van der Waals surface area (Å²) in [6, 6.07) is 21.2. The third-order valence-electron chi connectivity index (χ3n) is 5.34. The predicted molar refractivity (Wildman–Crippen MR) is 135 cm³/mol. The molecule has 0 saturated carbocycles. The number of thiazole rings is 1. The van der Waals surface area contributed by atoms with Gasteiger partial charge in [0.25, 0.3) is 10.0 Å². The molecule has 4 aromatic heterocycles. The first-order valence-corrected chi connectivity index (χ1v) is 12.9. The second kappa shape index (κ2) is 8.22. The molecule has 35 heavy (non-hydrogen) atoms. The summed E-state index contributed by atoms with van der Waals surface area (Å²) >= 11 is 1.46. The van der Waals surface area contributed by atoms with Crippen molar-refractivity contribution in [1.82, 2.24) is 29.8 Å². The Morgan fingerprint density at radius 3 is 2.69 bits per heavy atom. The van der Waals surface area contributed by atoms with Crippen LogP contribution in [-0.2, 0) is 10.0 Å². The molecule has 6 aromatic rings. The Morgan fingerprint density at radius 2 is 1.83 bits per heavy atom. The van der Waals surface area contributed by atoms with E-state index in [1.807, 2.05) is 43.3 Å². The van der Waals surface area contributed by atoms with Crippen molar-refractivity contribution in [3.8, 4) is 22.8 Å². The van der Waals surface area contributed by atoms with Crippen molar-refractivity contribution >= 4 is 42.9 Å². The molecule has 1 N–H and O–H groups in total. The molecule has 4 heterocycles. The van der Waals surface area contributed by atoms with Gasteiger partial charge in [0.1, 0.15) is 5.69 Å². The third-order valence-corrected chi connectivity index (χ3v) is 7.66. The molecule has 9 nitrogen and oxygen atoms in total. The van der Waals surface area contributed by atoms with Crippen molar-refractivity contribution in [2.45, 2.75) is 11.8 Å². The predicted octanol–water partition coefficient (Wildman–Crippen LogP) is 4.57. The first-order chi connectivity index (χ1) is 17.0. The van der Waals surface area contributed by atoms with Crippen LogP contribution in [0.3, 0.4) is 0 Å². The lowest BCUT2D eigenvalue weighted by molar-refractivity contribution is 0.601. The molecular formula is C24H17N7O2S2. The summed E-state index contributed by atoms with van der Waals surface area (Å²) in [5.41, 5.74) is 3.82. The Bertz CT molecular complexity index is 1810. The van der Waals surface area contributed by atoms with E-state index in [1.54, 1.807) is 47.1 Å². The summed E-state index contributed by atoms with van der Waals surface area (Å²) in [6.07, 6.45) is 1.68. The van der Waals surface area contributed by atoms with Crippen LogP contribution in [0, 0.1) is 6.92 Å². The number of fused-ring (bicyclic) bond motifs is 2. The van der Waals surface area contributed by atoms with E-state index < -0.39 is 10.0 Å². The van der Waals surface area contributed by atoms with E-state index >= 15 is 0 Å². The summed E-state index contributed by atoms with van der Waals surface area (Å²) in [7, 11) is -3.79. The average Bonchev–Trinajstić information content (AvgIpc) is 3.46. The monoisotopic (exact) mass is 499 g/mol. The maximum Gasteiger partial charge on any atom is 0.261 e. The quantitative estimate of drug-likeness (QED) is 0.369. The summed E-state index contributed by atoms with van der Waals surface area (Å²) < 4.78 is 31.3. The van der Waals surface area contributed by atoms with E-state index in [9.17, 15) is 8.42 Å². The van der Waals surface area contributed by atoms with Gasteiger partial charge in [0.2, 0.25) is 5.82 Å². The third kappa shape index (κ3) is 4.00. The highest BCUT2D eigenvalue weighted by Crippen LogP contribution is 2.27. The molecule has 0 bridgehead atoms. The van der Waals surface area contributed by atoms with Crippen molar-refractivity contribution in [3.05, 3.63) is 84.0 Å². The highest BCUT2D eigenvalue weighted by molar-refractivity contribution is 7.92. The lowest BCUT2D eigenvalue weighted by Gasteiger charge is -2.10. The fourth-order valence-electron chi connectivity index (χ4n) is 3.74. The van der Waals surface area contributed by atoms with Crippen LogP contribution in [0.4, 0.5) is 5.69 Å². The maximum atomic E-state index is 13.1. The van der Waals surface area contributed by atoms with Gasteiger partial charge in [-0.05, 0) is 61.5 Å². The first-order valence-electron chi connectivity index (χ1n) is 10.6. The molecular weight excluding hydrogens is 482 g/mol. The van der Waals surface area contributed by atoms with Gasteiger partial charge in [0.15, 0.2) is 5.65 Å². The molecule has 0 radical (unpaired) electrons. The van der Waals surface area contributed by atoms with Gasteiger partial charge >= 0.3 is 0 Å². The topological polar surface area (TPSA) is 115 Å². The van der Waals surface area contributed by atoms with E-state index in [-0.39, 0.29) is 4.90 Å². The summed E-state index contributed by atoms with van der Waals surface area (Å²) in [5, 5.41) is 14.0. The summed E-state index contributed by atoms with van der Waals surface area (Å²) in [6.45, 7) is 1.90. The Balaban J connectivity index is 1.34. The van der Waals surface area contributed by atoms with Crippen LogP contribution in [0.5, 0.6) is 0 Å². The first kappa shape index (κ1) is 21.3. The number of hydrogen-bond donors (Lipinski definition) is 1. The lowest BCUT2D eigenvalue weighted by atomic mass is 10.1. The van der Waals surface area contributed by atoms with E-state index in [1.165, 1.54) is 11.3 Å². The molecule has 0 atom stereocenters. The van der Waals surface area contributed by atoms with Gasteiger partial charge in [-0.15, -0.1) is 21.5 Å². The summed E-state index contributed by atoms with van der Waals surface area (Å²) in [4.78, 5) is 8.91. The minimum Gasteiger partial charge on any atom is -0.280 e. The van der Waals surface area contributed by atoms with Crippen molar-refractivity contribution in [2.24, 2.45) is 0 Å². The Labute approximate surface area is 204 Å². The van der Waals surface area contributed by atoms with Gasteiger partial charge in [-0.3, -0.25) is 9.71 Å².